The van der Waals surface area contributed by atoms with Crippen molar-refractivity contribution >= 4 is 21.6 Å². The summed E-state index contributed by atoms with van der Waals surface area (Å²) in [5.74, 6) is 1.41. The Morgan fingerprint density at radius 1 is 0.912 bits per heavy atom. The highest BCUT2D eigenvalue weighted by Crippen LogP contribution is 2.24. The zero-order chi connectivity index (χ0) is 24.6. The van der Waals surface area contributed by atoms with Gasteiger partial charge in [0.1, 0.15) is 17.2 Å². The normalized spacial score (nSPS) is 11.9. The summed E-state index contributed by atoms with van der Waals surface area (Å²) in [6.07, 6.45) is 0. The van der Waals surface area contributed by atoms with Gasteiger partial charge >= 0.3 is 0 Å². The molecule has 0 aliphatic heterocycles. The number of benzene rings is 3. The standard InChI is InChI=1S/C25H28N2O6S/c1-4-32-20-11-9-19(10-12-20)27-34(29,30)22-15-13-21(14-16-22)33-17-25(28)26-18(2)23-7-5-6-8-24(23)31-3/h5-16,18,27H,4,17H2,1-3H3,(H,26,28)/t18-/m0/s1. The summed E-state index contributed by atoms with van der Waals surface area (Å²) in [7, 11) is -2.20. The van der Waals surface area contributed by atoms with E-state index >= 15 is 0 Å². The summed E-state index contributed by atoms with van der Waals surface area (Å²) >= 11 is 0. The molecular weight excluding hydrogens is 456 g/mol. The Bertz CT molecular complexity index is 1190. The van der Waals surface area contributed by atoms with Crippen LogP contribution in [0.25, 0.3) is 0 Å². The second kappa shape index (κ2) is 11.4. The number of sulfonamides is 1. The maximum atomic E-state index is 12.6. The lowest BCUT2D eigenvalue weighted by Crippen LogP contribution is -2.31. The molecule has 0 unspecified atom stereocenters. The van der Waals surface area contributed by atoms with Gasteiger partial charge in [0.05, 0.1) is 24.7 Å². The first kappa shape index (κ1) is 24.9. The van der Waals surface area contributed by atoms with Crippen LogP contribution in [0.2, 0.25) is 0 Å². The molecule has 0 spiro atoms. The molecule has 0 bridgehead atoms. The number of methoxy groups -OCH3 is 1. The summed E-state index contributed by atoms with van der Waals surface area (Å²) in [4.78, 5) is 12.4. The smallest absolute Gasteiger partial charge is 0.261 e. The van der Waals surface area contributed by atoms with Crippen LogP contribution in [0, 0.1) is 0 Å². The van der Waals surface area contributed by atoms with Crippen molar-refractivity contribution in [1.82, 2.24) is 5.32 Å². The van der Waals surface area contributed by atoms with Gasteiger partial charge in [0.2, 0.25) is 0 Å². The van der Waals surface area contributed by atoms with E-state index in [4.69, 9.17) is 14.2 Å². The molecule has 34 heavy (non-hydrogen) atoms. The summed E-state index contributed by atoms with van der Waals surface area (Å²) in [5, 5.41) is 2.86. The second-order valence-corrected chi connectivity index (χ2v) is 9.04. The number of amides is 1. The van der Waals surface area contributed by atoms with Crippen molar-refractivity contribution in [3.8, 4) is 17.2 Å². The zero-order valence-corrected chi connectivity index (χ0v) is 20.1. The Labute approximate surface area is 199 Å². The third-order valence-corrected chi connectivity index (χ3v) is 6.30. The van der Waals surface area contributed by atoms with E-state index in [1.807, 2.05) is 38.1 Å². The fraction of sp³-hybridized carbons (Fsp3) is 0.240. The summed E-state index contributed by atoms with van der Waals surface area (Å²) < 4.78 is 44.0. The fourth-order valence-electron chi connectivity index (χ4n) is 3.25. The van der Waals surface area contributed by atoms with Gasteiger partial charge in [-0.2, -0.15) is 0 Å². The van der Waals surface area contributed by atoms with Crippen molar-refractivity contribution in [2.24, 2.45) is 0 Å². The van der Waals surface area contributed by atoms with E-state index in [2.05, 4.69) is 10.0 Å². The highest BCUT2D eigenvalue weighted by Gasteiger charge is 2.16. The van der Waals surface area contributed by atoms with Crippen molar-refractivity contribution in [1.29, 1.82) is 0 Å². The van der Waals surface area contributed by atoms with E-state index in [0.29, 0.717) is 29.5 Å². The molecule has 3 rings (SSSR count). The van der Waals surface area contributed by atoms with Crippen LogP contribution in [-0.2, 0) is 14.8 Å². The quantitative estimate of drug-likeness (QED) is 0.424. The van der Waals surface area contributed by atoms with Crippen LogP contribution in [0.1, 0.15) is 25.5 Å². The molecular formula is C25H28N2O6S. The molecule has 2 N–H and O–H groups in total. The second-order valence-electron chi connectivity index (χ2n) is 7.35. The molecule has 0 saturated carbocycles. The average Bonchev–Trinajstić information content (AvgIpc) is 2.84. The Hall–Kier alpha value is -3.72. The van der Waals surface area contributed by atoms with Crippen molar-refractivity contribution in [2.75, 3.05) is 25.0 Å². The predicted octanol–water partition coefficient (Wildman–Crippen LogP) is 4.15. The van der Waals surface area contributed by atoms with E-state index < -0.39 is 10.0 Å². The van der Waals surface area contributed by atoms with Gasteiger partial charge in [-0.15, -0.1) is 0 Å². The highest BCUT2D eigenvalue weighted by atomic mass is 32.2. The first-order valence-electron chi connectivity index (χ1n) is 10.7. The van der Waals surface area contributed by atoms with Crippen molar-refractivity contribution in [3.05, 3.63) is 78.4 Å². The van der Waals surface area contributed by atoms with Gasteiger partial charge in [0.25, 0.3) is 15.9 Å². The largest absolute Gasteiger partial charge is 0.496 e. The lowest BCUT2D eigenvalue weighted by molar-refractivity contribution is -0.123. The van der Waals surface area contributed by atoms with Gasteiger partial charge in [-0.3, -0.25) is 9.52 Å². The first-order valence-corrected chi connectivity index (χ1v) is 12.2. The average molecular weight is 485 g/mol. The minimum Gasteiger partial charge on any atom is -0.496 e. The lowest BCUT2D eigenvalue weighted by atomic mass is 10.1. The van der Waals surface area contributed by atoms with Crippen LogP contribution < -0.4 is 24.2 Å². The van der Waals surface area contributed by atoms with Gasteiger partial charge in [0.15, 0.2) is 6.61 Å². The first-order chi connectivity index (χ1) is 16.3. The molecule has 1 amide bonds. The predicted molar refractivity (Wildman–Crippen MR) is 130 cm³/mol. The minimum absolute atomic E-state index is 0.0722. The number of carbonyl (C=O) groups excluding carboxylic acids is 1. The maximum Gasteiger partial charge on any atom is 0.261 e. The van der Waals surface area contributed by atoms with Crippen LogP contribution >= 0.6 is 0 Å². The Morgan fingerprint density at radius 3 is 2.18 bits per heavy atom. The number of para-hydroxylation sites is 1. The summed E-state index contributed by atoms with van der Waals surface area (Å²) in [6.45, 7) is 4.05. The Morgan fingerprint density at radius 2 is 1.53 bits per heavy atom. The van der Waals surface area contributed by atoms with E-state index in [9.17, 15) is 13.2 Å². The van der Waals surface area contributed by atoms with Crippen molar-refractivity contribution in [3.63, 3.8) is 0 Å². The van der Waals surface area contributed by atoms with Crippen LogP contribution in [0.4, 0.5) is 5.69 Å². The van der Waals surface area contributed by atoms with Crippen molar-refractivity contribution < 1.29 is 27.4 Å². The van der Waals surface area contributed by atoms with Gasteiger partial charge in [-0.1, -0.05) is 18.2 Å². The molecule has 0 heterocycles. The van der Waals surface area contributed by atoms with Crippen LogP contribution in [0.15, 0.2) is 77.7 Å². The van der Waals surface area contributed by atoms with Gasteiger partial charge in [-0.25, -0.2) is 8.42 Å². The molecule has 8 nitrogen and oxygen atoms in total. The Kier molecular flexibility index (Phi) is 8.37. The minimum atomic E-state index is -3.78. The Balaban J connectivity index is 1.55. The number of carbonyl (C=O) groups is 1. The summed E-state index contributed by atoms with van der Waals surface area (Å²) in [5.41, 5.74) is 1.28. The number of rotatable bonds is 11. The van der Waals surface area contributed by atoms with E-state index in [1.165, 1.54) is 24.3 Å². The SMILES string of the molecule is CCOc1ccc(NS(=O)(=O)c2ccc(OCC(=O)N[C@@H](C)c3ccccc3OC)cc2)cc1. The zero-order valence-electron chi connectivity index (χ0n) is 19.3. The molecule has 0 aromatic heterocycles. The number of nitrogens with one attached hydrogen (secondary N) is 2. The topological polar surface area (TPSA) is 103 Å². The maximum absolute atomic E-state index is 12.6. The van der Waals surface area contributed by atoms with Gasteiger partial charge < -0.3 is 19.5 Å². The fourth-order valence-corrected chi connectivity index (χ4v) is 4.31. The van der Waals surface area contributed by atoms with Crippen molar-refractivity contribution in [2.45, 2.75) is 24.8 Å². The number of ether oxygens (including phenoxy) is 3. The van der Waals surface area contributed by atoms with Crippen LogP contribution in [-0.4, -0.2) is 34.6 Å². The third kappa shape index (κ3) is 6.64. The van der Waals surface area contributed by atoms with E-state index in [0.717, 1.165) is 5.56 Å². The molecule has 3 aromatic carbocycles. The third-order valence-electron chi connectivity index (χ3n) is 4.90. The molecule has 0 radical (unpaired) electrons. The molecule has 0 saturated heterocycles. The molecule has 0 fully saturated rings. The number of hydrogen-bond acceptors (Lipinski definition) is 6. The monoisotopic (exact) mass is 484 g/mol. The van der Waals surface area contributed by atoms with Crippen LogP contribution in [0.3, 0.4) is 0 Å². The summed E-state index contributed by atoms with van der Waals surface area (Å²) in [6, 6.07) is 19.7. The van der Waals surface area contributed by atoms with Gasteiger partial charge in [0, 0.05) is 11.3 Å². The molecule has 3 aromatic rings. The molecule has 9 heteroatoms. The number of anilines is 1. The van der Waals surface area contributed by atoms with Crippen LogP contribution in [0.5, 0.6) is 17.2 Å². The molecule has 1 atom stereocenters. The molecule has 0 aliphatic carbocycles. The molecule has 180 valence electrons. The lowest BCUT2D eigenvalue weighted by Gasteiger charge is -2.17. The van der Waals surface area contributed by atoms with E-state index in [-0.39, 0.29) is 23.5 Å². The molecule has 0 aliphatic rings. The van der Waals surface area contributed by atoms with Gasteiger partial charge in [-0.05, 0) is 68.4 Å². The number of hydrogen-bond donors (Lipinski definition) is 2. The highest BCUT2D eigenvalue weighted by molar-refractivity contribution is 7.92. The van der Waals surface area contributed by atoms with E-state index in [1.54, 1.807) is 31.4 Å².